The van der Waals surface area contributed by atoms with Crippen molar-refractivity contribution in [1.29, 1.82) is 0 Å². The smallest absolute Gasteiger partial charge is 0.250 e. The molecule has 1 rings (SSSR count). The minimum Gasteiger partial charge on any atom is -0.475 e. The summed E-state index contributed by atoms with van der Waals surface area (Å²) in [5, 5.41) is 3.21. The van der Waals surface area contributed by atoms with E-state index >= 15 is 0 Å². The monoisotopic (exact) mass is 266 g/mol. The lowest BCUT2D eigenvalue weighted by molar-refractivity contribution is 0.290. The van der Waals surface area contributed by atoms with Gasteiger partial charge in [-0.3, -0.25) is 0 Å². The summed E-state index contributed by atoms with van der Waals surface area (Å²) in [7, 11) is 0. The van der Waals surface area contributed by atoms with Crippen LogP contribution in [0, 0.1) is 11.7 Å². The van der Waals surface area contributed by atoms with Crippen LogP contribution in [-0.4, -0.2) is 18.1 Å². The Labute approximate surface area is 114 Å². The van der Waals surface area contributed by atoms with E-state index in [0.717, 1.165) is 12.1 Å². The Morgan fingerprint density at radius 2 is 2.26 bits per heavy atom. The van der Waals surface area contributed by atoms with Crippen LogP contribution in [0.5, 0.6) is 5.88 Å². The molecule has 1 N–H and O–H groups in total. The van der Waals surface area contributed by atoms with Gasteiger partial charge in [0.15, 0.2) is 5.82 Å². The highest BCUT2D eigenvalue weighted by atomic mass is 19.1. The van der Waals surface area contributed by atoms with Crippen molar-refractivity contribution in [3.05, 3.63) is 35.8 Å². The van der Waals surface area contributed by atoms with Crippen LogP contribution in [0.4, 0.5) is 4.39 Å². The zero-order valence-electron chi connectivity index (χ0n) is 12.0. The summed E-state index contributed by atoms with van der Waals surface area (Å²) in [4.78, 5) is 3.92. The Morgan fingerprint density at radius 3 is 2.89 bits per heavy atom. The normalized spacial score (nSPS) is 10.8. The fourth-order valence-electron chi connectivity index (χ4n) is 1.52. The highest BCUT2D eigenvalue weighted by Gasteiger charge is 2.10. The molecule has 0 spiro atoms. The van der Waals surface area contributed by atoms with Gasteiger partial charge in [-0.15, -0.1) is 6.58 Å². The number of hydrogen-bond donors (Lipinski definition) is 1. The van der Waals surface area contributed by atoms with Crippen LogP contribution >= 0.6 is 0 Å². The fraction of sp³-hybridized carbons (Fsp3) is 0.533. The molecule has 0 aliphatic carbocycles. The Hall–Kier alpha value is -1.42. The van der Waals surface area contributed by atoms with E-state index < -0.39 is 0 Å². The van der Waals surface area contributed by atoms with Crippen LogP contribution in [0.3, 0.4) is 0 Å². The molecule has 0 amide bonds. The lowest BCUT2D eigenvalue weighted by atomic mass is 10.2. The van der Waals surface area contributed by atoms with Crippen LogP contribution in [-0.2, 0) is 6.54 Å². The fourth-order valence-corrected chi connectivity index (χ4v) is 1.52. The van der Waals surface area contributed by atoms with Crippen molar-refractivity contribution in [3.63, 3.8) is 0 Å². The van der Waals surface area contributed by atoms with Gasteiger partial charge in [0, 0.05) is 24.7 Å². The van der Waals surface area contributed by atoms with Crippen molar-refractivity contribution in [2.24, 2.45) is 5.92 Å². The number of nitrogens with zero attached hydrogens (tertiary/aromatic N) is 1. The lowest BCUT2D eigenvalue weighted by Crippen LogP contribution is -2.20. The molecule has 0 unspecified atom stereocenters. The standard InChI is InChI=1S/C15H23FN2O/c1-11(2)6-8-19-15-14(16)13(5-7-18-15)10-17-9-12(3)4/h5,7,12,17H,1,6,8-10H2,2-4H3. The maximum absolute atomic E-state index is 14.1. The van der Waals surface area contributed by atoms with Crippen molar-refractivity contribution < 1.29 is 9.13 Å². The zero-order chi connectivity index (χ0) is 14.3. The van der Waals surface area contributed by atoms with E-state index in [1.165, 1.54) is 0 Å². The predicted octanol–water partition coefficient (Wildman–Crippen LogP) is 3.31. The van der Waals surface area contributed by atoms with Gasteiger partial charge in [-0.25, -0.2) is 9.37 Å². The largest absolute Gasteiger partial charge is 0.475 e. The molecule has 1 heterocycles. The van der Waals surface area contributed by atoms with Crippen LogP contribution in [0.25, 0.3) is 0 Å². The Balaban J connectivity index is 2.56. The van der Waals surface area contributed by atoms with Gasteiger partial charge in [-0.2, -0.15) is 0 Å². The van der Waals surface area contributed by atoms with Gasteiger partial charge in [0.1, 0.15) is 0 Å². The number of hydrogen-bond acceptors (Lipinski definition) is 3. The van der Waals surface area contributed by atoms with Gasteiger partial charge < -0.3 is 10.1 Å². The number of halogens is 1. The third-order valence-electron chi connectivity index (χ3n) is 2.57. The molecule has 0 aromatic carbocycles. The van der Waals surface area contributed by atoms with E-state index in [2.05, 4.69) is 30.7 Å². The summed E-state index contributed by atoms with van der Waals surface area (Å²) in [5.41, 5.74) is 1.59. The SMILES string of the molecule is C=C(C)CCOc1nccc(CNCC(C)C)c1F. The number of rotatable bonds is 8. The van der Waals surface area contributed by atoms with Gasteiger partial charge in [-0.05, 0) is 25.5 Å². The lowest BCUT2D eigenvalue weighted by Gasteiger charge is -2.11. The van der Waals surface area contributed by atoms with Gasteiger partial charge in [-0.1, -0.05) is 19.4 Å². The van der Waals surface area contributed by atoms with Crippen molar-refractivity contribution in [1.82, 2.24) is 10.3 Å². The van der Waals surface area contributed by atoms with E-state index in [-0.39, 0.29) is 11.7 Å². The number of nitrogens with one attached hydrogen (secondary N) is 1. The van der Waals surface area contributed by atoms with Crippen molar-refractivity contribution in [3.8, 4) is 5.88 Å². The van der Waals surface area contributed by atoms with Crippen LogP contribution in [0.15, 0.2) is 24.4 Å². The average molecular weight is 266 g/mol. The quantitative estimate of drug-likeness (QED) is 0.733. The van der Waals surface area contributed by atoms with Crippen molar-refractivity contribution in [2.75, 3.05) is 13.2 Å². The summed E-state index contributed by atoms with van der Waals surface area (Å²) in [6.07, 6.45) is 2.28. The van der Waals surface area contributed by atoms with Crippen molar-refractivity contribution in [2.45, 2.75) is 33.7 Å². The maximum atomic E-state index is 14.1. The molecule has 0 bridgehead atoms. The van der Waals surface area contributed by atoms with E-state index in [4.69, 9.17) is 4.74 Å². The first-order chi connectivity index (χ1) is 9.00. The first kappa shape index (κ1) is 15.6. The van der Waals surface area contributed by atoms with E-state index in [1.807, 2.05) is 6.92 Å². The van der Waals surface area contributed by atoms with Crippen LogP contribution in [0.2, 0.25) is 0 Å². The van der Waals surface area contributed by atoms with Crippen molar-refractivity contribution >= 4 is 0 Å². The molecule has 4 heteroatoms. The minimum absolute atomic E-state index is 0.0742. The third-order valence-corrected chi connectivity index (χ3v) is 2.57. The Bertz CT molecular complexity index is 419. The second-order valence-corrected chi connectivity index (χ2v) is 5.17. The topological polar surface area (TPSA) is 34.1 Å². The molecule has 3 nitrogen and oxygen atoms in total. The molecule has 0 aliphatic heterocycles. The molecule has 0 saturated heterocycles. The number of aromatic nitrogens is 1. The van der Waals surface area contributed by atoms with E-state index in [0.29, 0.717) is 31.1 Å². The third kappa shape index (κ3) is 5.83. The number of pyridine rings is 1. The summed E-state index contributed by atoms with van der Waals surface area (Å²) in [5.74, 6) is 0.238. The van der Waals surface area contributed by atoms with E-state index in [1.54, 1.807) is 12.3 Å². The molecular weight excluding hydrogens is 243 g/mol. The molecular formula is C15H23FN2O. The second-order valence-electron chi connectivity index (χ2n) is 5.17. The first-order valence-electron chi connectivity index (χ1n) is 6.62. The predicted molar refractivity (Wildman–Crippen MR) is 75.7 cm³/mol. The highest BCUT2D eigenvalue weighted by molar-refractivity contribution is 5.23. The Kier molecular flexibility index (Phi) is 6.50. The maximum Gasteiger partial charge on any atom is 0.250 e. The zero-order valence-corrected chi connectivity index (χ0v) is 12.0. The van der Waals surface area contributed by atoms with Gasteiger partial charge >= 0.3 is 0 Å². The molecule has 0 fully saturated rings. The second kappa shape index (κ2) is 7.89. The summed E-state index contributed by atoms with van der Waals surface area (Å²) in [6, 6.07) is 1.67. The minimum atomic E-state index is -0.375. The van der Waals surface area contributed by atoms with Crippen LogP contribution in [0.1, 0.15) is 32.8 Å². The molecule has 0 aliphatic rings. The highest BCUT2D eigenvalue weighted by Crippen LogP contribution is 2.17. The summed E-state index contributed by atoms with van der Waals surface area (Å²) < 4.78 is 19.4. The summed E-state index contributed by atoms with van der Waals surface area (Å²) in [6.45, 7) is 11.7. The number of ether oxygens (including phenoxy) is 1. The molecule has 106 valence electrons. The first-order valence-corrected chi connectivity index (χ1v) is 6.62. The Morgan fingerprint density at radius 1 is 1.53 bits per heavy atom. The molecule has 19 heavy (non-hydrogen) atoms. The molecule has 1 aromatic rings. The van der Waals surface area contributed by atoms with Crippen LogP contribution < -0.4 is 10.1 Å². The van der Waals surface area contributed by atoms with E-state index in [9.17, 15) is 4.39 Å². The summed E-state index contributed by atoms with van der Waals surface area (Å²) >= 11 is 0. The molecule has 0 atom stereocenters. The molecule has 1 aromatic heterocycles. The van der Waals surface area contributed by atoms with Gasteiger partial charge in [0.2, 0.25) is 0 Å². The molecule has 0 radical (unpaired) electrons. The average Bonchev–Trinajstić information content (AvgIpc) is 2.32. The molecule has 0 saturated carbocycles. The van der Waals surface area contributed by atoms with Gasteiger partial charge in [0.25, 0.3) is 5.88 Å². The van der Waals surface area contributed by atoms with Gasteiger partial charge in [0.05, 0.1) is 6.61 Å².